The van der Waals surface area contributed by atoms with Crippen LogP contribution in [0.5, 0.6) is 0 Å². The van der Waals surface area contributed by atoms with Crippen molar-refractivity contribution in [3.8, 4) is 0 Å². The molecule has 0 bridgehead atoms. The highest BCUT2D eigenvalue weighted by Crippen LogP contribution is 2.29. The van der Waals surface area contributed by atoms with Gasteiger partial charge in [-0.1, -0.05) is 0 Å². The third kappa shape index (κ3) is 3.33. The van der Waals surface area contributed by atoms with E-state index in [2.05, 4.69) is 4.74 Å². The van der Waals surface area contributed by atoms with Gasteiger partial charge in [-0.05, 0) is 18.2 Å². The Morgan fingerprint density at radius 1 is 1.21 bits per heavy atom. The highest BCUT2D eigenvalue weighted by Gasteiger charge is 2.32. The molecule has 1 aliphatic rings. The van der Waals surface area contributed by atoms with E-state index >= 15 is 0 Å². The van der Waals surface area contributed by atoms with Crippen LogP contribution in [0.15, 0.2) is 29.5 Å². The lowest BCUT2D eigenvalue weighted by atomic mass is 10.1. The van der Waals surface area contributed by atoms with Crippen molar-refractivity contribution in [2.75, 3.05) is 51.5 Å². The summed E-state index contributed by atoms with van der Waals surface area (Å²) in [5.41, 5.74) is 0.758. The summed E-state index contributed by atoms with van der Waals surface area (Å²) in [6.45, 7) is -0.114. The van der Waals surface area contributed by atoms with Gasteiger partial charge >= 0.3 is 11.9 Å². The lowest BCUT2D eigenvalue weighted by molar-refractivity contribution is -0.140. The van der Waals surface area contributed by atoms with Gasteiger partial charge in [0.2, 0.25) is 0 Å². The molecule has 1 aromatic carbocycles. The summed E-state index contributed by atoms with van der Waals surface area (Å²) in [5.74, 6) is -1.90. The molecule has 1 heterocycles. The minimum atomic E-state index is -0.726. The maximum absolute atomic E-state index is 14.3. The summed E-state index contributed by atoms with van der Waals surface area (Å²) >= 11 is 0. The number of hydrogen-bond donors (Lipinski definition) is 0. The molecule has 0 spiro atoms. The van der Waals surface area contributed by atoms with Gasteiger partial charge in [0, 0.05) is 19.8 Å². The van der Waals surface area contributed by atoms with E-state index in [1.807, 2.05) is 0 Å². The number of hydrogen-bond acceptors (Lipinski definition) is 7. The first-order valence-corrected chi connectivity index (χ1v) is 7.12. The molecule has 0 fully saturated rings. The predicted molar refractivity (Wildman–Crippen MR) is 85.1 cm³/mol. The molecule has 7 nitrogen and oxygen atoms in total. The van der Waals surface area contributed by atoms with Crippen LogP contribution in [-0.4, -0.2) is 53.6 Å². The van der Waals surface area contributed by atoms with E-state index in [0.717, 1.165) is 0 Å². The fourth-order valence-electron chi connectivity index (χ4n) is 2.37. The largest absolute Gasteiger partial charge is 0.466 e. The van der Waals surface area contributed by atoms with Crippen LogP contribution in [0.25, 0.3) is 0 Å². The summed E-state index contributed by atoms with van der Waals surface area (Å²) in [6, 6.07) is 4.47. The number of carbonyl (C=O) groups is 2. The number of anilines is 2. The van der Waals surface area contributed by atoms with Crippen molar-refractivity contribution in [1.82, 2.24) is 0 Å². The Balaban J connectivity index is 2.53. The van der Waals surface area contributed by atoms with Crippen molar-refractivity contribution in [2.45, 2.75) is 0 Å². The Kier molecular flexibility index (Phi) is 5.40. The standard InChI is InChI=1S/C16H19FN2O5/c1-18(2)13-6-5-10(7-12(13)17)19-9-24-8-11(15(20)22-3)14(19)16(21)23-4/h5-7H,8-9H2,1-4H3. The van der Waals surface area contributed by atoms with E-state index in [-0.39, 0.29) is 24.6 Å². The van der Waals surface area contributed by atoms with Crippen LogP contribution in [0.4, 0.5) is 15.8 Å². The van der Waals surface area contributed by atoms with Gasteiger partial charge in [-0.15, -0.1) is 0 Å². The normalized spacial score (nSPS) is 14.5. The summed E-state index contributed by atoms with van der Waals surface area (Å²) in [4.78, 5) is 27.1. The van der Waals surface area contributed by atoms with Crippen LogP contribution in [0.3, 0.4) is 0 Å². The predicted octanol–water partition coefficient (Wildman–Crippen LogP) is 1.29. The Bertz CT molecular complexity index is 687. The first kappa shape index (κ1) is 17.7. The molecule has 0 unspecified atom stereocenters. The maximum atomic E-state index is 14.3. The monoisotopic (exact) mass is 338 g/mol. The Hall–Kier alpha value is -2.61. The van der Waals surface area contributed by atoms with Crippen LogP contribution in [0.2, 0.25) is 0 Å². The summed E-state index contributed by atoms with van der Waals surface area (Å²) in [5, 5.41) is 0. The third-order valence-corrected chi connectivity index (χ3v) is 3.56. The summed E-state index contributed by atoms with van der Waals surface area (Å²) < 4.78 is 29.0. The number of nitrogens with zero attached hydrogens (tertiary/aromatic N) is 2. The Morgan fingerprint density at radius 2 is 1.88 bits per heavy atom. The lowest BCUT2D eigenvalue weighted by Gasteiger charge is -2.31. The molecule has 0 amide bonds. The van der Waals surface area contributed by atoms with Crippen molar-refractivity contribution < 1.29 is 28.2 Å². The van der Waals surface area contributed by atoms with Gasteiger partial charge < -0.3 is 24.0 Å². The first-order valence-electron chi connectivity index (χ1n) is 7.12. The number of benzene rings is 1. The number of ether oxygens (including phenoxy) is 3. The quantitative estimate of drug-likeness (QED) is 0.766. The Labute approximate surface area is 139 Å². The zero-order valence-electron chi connectivity index (χ0n) is 14.0. The second kappa shape index (κ2) is 7.31. The molecule has 1 aliphatic heterocycles. The minimum absolute atomic E-state index is 0.0207. The van der Waals surface area contributed by atoms with Crippen molar-refractivity contribution >= 4 is 23.3 Å². The second-order valence-corrected chi connectivity index (χ2v) is 5.25. The molecule has 8 heteroatoms. The molecule has 0 saturated heterocycles. The number of esters is 2. The lowest BCUT2D eigenvalue weighted by Crippen LogP contribution is -2.38. The SMILES string of the molecule is COC(=O)C1=C(C(=O)OC)N(c2ccc(N(C)C)c(F)c2)COC1. The molecule has 1 aromatic rings. The van der Waals surface area contributed by atoms with E-state index in [0.29, 0.717) is 11.4 Å². The topological polar surface area (TPSA) is 68.3 Å². The molecule has 0 aromatic heterocycles. The highest BCUT2D eigenvalue weighted by molar-refractivity contribution is 6.03. The molecule has 0 radical (unpaired) electrons. The van der Waals surface area contributed by atoms with E-state index in [9.17, 15) is 14.0 Å². The smallest absolute Gasteiger partial charge is 0.355 e. The van der Waals surface area contributed by atoms with E-state index in [4.69, 9.17) is 9.47 Å². The second-order valence-electron chi connectivity index (χ2n) is 5.25. The van der Waals surface area contributed by atoms with Crippen LogP contribution in [0.1, 0.15) is 0 Å². The van der Waals surface area contributed by atoms with Crippen LogP contribution in [0, 0.1) is 5.82 Å². The van der Waals surface area contributed by atoms with Gasteiger partial charge in [0.05, 0.1) is 32.1 Å². The zero-order valence-corrected chi connectivity index (χ0v) is 14.0. The molecule has 0 atom stereocenters. The zero-order chi connectivity index (χ0) is 17.9. The molecule has 24 heavy (non-hydrogen) atoms. The summed E-state index contributed by atoms with van der Waals surface area (Å²) in [7, 11) is 5.84. The molecule has 130 valence electrons. The van der Waals surface area contributed by atoms with Crippen molar-refractivity contribution in [1.29, 1.82) is 0 Å². The maximum Gasteiger partial charge on any atom is 0.355 e. The van der Waals surface area contributed by atoms with E-state index in [1.54, 1.807) is 31.1 Å². The van der Waals surface area contributed by atoms with Gasteiger partial charge in [0.15, 0.2) is 0 Å². The molecule has 0 N–H and O–H groups in total. The van der Waals surface area contributed by atoms with Crippen LogP contribution in [-0.2, 0) is 23.8 Å². The molecular formula is C16H19FN2O5. The molecule has 0 aliphatic carbocycles. The van der Waals surface area contributed by atoms with E-state index in [1.165, 1.54) is 25.2 Å². The van der Waals surface area contributed by atoms with Crippen molar-refractivity contribution in [3.63, 3.8) is 0 Å². The number of halogens is 1. The Morgan fingerprint density at radius 3 is 2.42 bits per heavy atom. The third-order valence-electron chi connectivity index (χ3n) is 3.56. The van der Waals surface area contributed by atoms with Gasteiger partial charge in [-0.25, -0.2) is 14.0 Å². The van der Waals surface area contributed by atoms with E-state index < -0.39 is 17.8 Å². The van der Waals surface area contributed by atoms with Gasteiger partial charge in [-0.3, -0.25) is 0 Å². The van der Waals surface area contributed by atoms with Crippen molar-refractivity contribution in [3.05, 3.63) is 35.3 Å². The van der Waals surface area contributed by atoms with Crippen molar-refractivity contribution in [2.24, 2.45) is 0 Å². The fraction of sp³-hybridized carbons (Fsp3) is 0.375. The van der Waals surface area contributed by atoms with Gasteiger partial charge in [-0.2, -0.15) is 0 Å². The van der Waals surface area contributed by atoms with Crippen LogP contribution >= 0.6 is 0 Å². The minimum Gasteiger partial charge on any atom is -0.466 e. The van der Waals surface area contributed by atoms with Gasteiger partial charge in [0.25, 0.3) is 0 Å². The average molecular weight is 338 g/mol. The number of rotatable bonds is 4. The molecule has 0 saturated carbocycles. The number of carbonyl (C=O) groups excluding carboxylic acids is 2. The number of methoxy groups -OCH3 is 2. The first-order chi connectivity index (χ1) is 11.4. The average Bonchev–Trinajstić information content (AvgIpc) is 2.59. The molecule has 2 rings (SSSR count). The fourth-order valence-corrected chi connectivity index (χ4v) is 2.37. The summed E-state index contributed by atoms with van der Waals surface area (Å²) in [6.07, 6.45) is 0. The van der Waals surface area contributed by atoms with Crippen LogP contribution < -0.4 is 9.80 Å². The highest BCUT2D eigenvalue weighted by atomic mass is 19.1. The molecular weight excluding hydrogens is 319 g/mol. The van der Waals surface area contributed by atoms with Gasteiger partial charge in [0.1, 0.15) is 18.2 Å².